The van der Waals surface area contributed by atoms with Crippen molar-refractivity contribution in [2.45, 2.75) is 13.0 Å². The standard InChI is InChI=1S/C12H15N3/c1-9-3-2-4-10(7-9)11-8-14-12-13-5-6-15(11)12/h2-4,7,11H,5-6,8H2,1H3,(H,13,14). The first-order valence-corrected chi connectivity index (χ1v) is 5.46. The molecule has 1 atom stereocenters. The average Bonchev–Trinajstić information content (AvgIpc) is 2.77. The van der Waals surface area contributed by atoms with Gasteiger partial charge in [-0.05, 0) is 12.5 Å². The second kappa shape index (κ2) is 3.26. The van der Waals surface area contributed by atoms with Crippen molar-refractivity contribution in [3.63, 3.8) is 0 Å². The number of nitrogens with one attached hydrogen (secondary N) is 1. The van der Waals surface area contributed by atoms with E-state index in [1.807, 2.05) is 0 Å². The van der Waals surface area contributed by atoms with E-state index >= 15 is 0 Å². The number of aliphatic imine (C=N–C) groups is 1. The van der Waals surface area contributed by atoms with Gasteiger partial charge in [0.1, 0.15) is 0 Å². The Morgan fingerprint density at radius 1 is 1.47 bits per heavy atom. The van der Waals surface area contributed by atoms with Crippen molar-refractivity contribution >= 4 is 5.96 Å². The first-order chi connectivity index (χ1) is 7.34. The molecule has 15 heavy (non-hydrogen) atoms. The summed E-state index contributed by atoms with van der Waals surface area (Å²) in [5.74, 6) is 1.08. The lowest BCUT2D eigenvalue weighted by molar-refractivity contribution is 0.381. The lowest BCUT2D eigenvalue weighted by atomic mass is 10.0. The molecule has 2 aliphatic rings. The summed E-state index contributed by atoms with van der Waals surface area (Å²) in [6.45, 7) is 5.15. The maximum atomic E-state index is 4.52. The molecule has 0 saturated carbocycles. The number of hydrogen-bond acceptors (Lipinski definition) is 3. The number of guanidine groups is 1. The van der Waals surface area contributed by atoms with E-state index in [1.165, 1.54) is 11.1 Å². The Balaban J connectivity index is 1.90. The van der Waals surface area contributed by atoms with E-state index in [1.54, 1.807) is 0 Å². The van der Waals surface area contributed by atoms with Crippen LogP contribution in [0, 0.1) is 6.92 Å². The molecule has 2 aliphatic heterocycles. The molecule has 0 bridgehead atoms. The molecule has 1 N–H and O–H groups in total. The minimum Gasteiger partial charge on any atom is -0.354 e. The van der Waals surface area contributed by atoms with E-state index in [0.717, 1.165) is 25.6 Å². The van der Waals surface area contributed by atoms with Gasteiger partial charge in [0.2, 0.25) is 0 Å². The van der Waals surface area contributed by atoms with Gasteiger partial charge in [0.25, 0.3) is 0 Å². The number of rotatable bonds is 1. The van der Waals surface area contributed by atoms with E-state index in [2.05, 4.69) is 46.4 Å². The average molecular weight is 201 g/mol. The van der Waals surface area contributed by atoms with Crippen LogP contribution in [0.15, 0.2) is 29.3 Å². The predicted octanol–water partition coefficient (Wildman–Crippen LogP) is 1.31. The van der Waals surface area contributed by atoms with Crippen LogP contribution in [0.2, 0.25) is 0 Å². The van der Waals surface area contributed by atoms with E-state index in [0.29, 0.717) is 6.04 Å². The predicted molar refractivity (Wildman–Crippen MR) is 60.9 cm³/mol. The summed E-state index contributed by atoms with van der Waals surface area (Å²) in [4.78, 5) is 6.89. The summed E-state index contributed by atoms with van der Waals surface area (Å²) >= 11 is 0. The fourth-order valence-corrected chi connectivity index (χ4v) is 2.38. The van der Waals surface area contributed by atoms with Crippen molar-refractivity contribution in [2.75, 3.05) is 19.6 Å². The third-order valence-electron chi connectivity index (χ3n) is 3.12. The first kappa shape index (κ1) is 8.77. The lowest BCUT2D eigenvalue weighted by Crippen LogP contribution is -2.28. The number of nitrogens with zero attached hydrogens (tertiary/aromatic N) is 2. The largest absolute Gasteiger partial charge is 0.354 e. The molecule has 3 nitrogen and oxygen atoms in total. The van der Waals surface area contributed by atoms with Crippen molar-refractivity contribution in [1.82, 2.24) is 10.2 Å². The molecular weight excluding hydrogens is 186 g/mol. The smallest absolute Gasteiger partial charge is 0.194 e. The normalized spacial score (nSPS) is 23.7. The van der Waals surface area contributed by atoms with Crippen molar-refractivity contribution in [3.8, 4) is 0 Å². The van der Waals surface area contributed by atoms with Crippen molar-refractivity contribution in [1.29, 1.82) is 0 Å². The number of aryl methyl sites for hydroxylation is 1. The number of fused-ring (bicyclic) bond motifs is 1. The third kappa shape index (κ3) is 1.39. The molecule has 2 heterocycles. The summed E-state index contributed by atoms with van der Waals surface area (Å²) in [6.07, 6.45) is 0. The van der Waals surface area contributed by atoms with Gasteiger partial charge in [-0.3, -0.25) is 4.99 Å². The van der Waals surface area contributed by atoms with Gasteiger partial charge in [-0.1, -0.05) is 29.8 Å². The zero-order valence-corrected chi connectivity index (χ0v) is 8.90. The number of benzene rings is 1. The minimum atomic E-state index is 0.454. The summed E-state index contributed by atoms with van der Waals surface area (Å²) in [6, 6.07) is 9.19. The number of hydrogen-bond donors (Lipinski definition) is 1. The second-order valence-corrected chi connectivity index (χ2v) is 4.21. The quantitative estimate of drug-likeness (QED) is 0.742. The van der Waals surface area contributed by atoms with Crippen LogP contribution in [0.3, 0.4) is 0 Å². The monoisotopic (exact) mass is 201 g/mol. The van der Waals surface area contributed by atoms with Gasteiger partial charge >= 0.3 is 0 Å². The van der Waals surface area contributed by atoms with Gasteiger partial charge in [-0.25, -0.2) is 0 Å². The van der Waals surface area contributed by atoms with E-state index in [4.69, 9.17) is 0 Å². The van der Waals surface area contributed by atoms with Crippen LogP contribution in [0.25, 0.3) is 0 Å². The van der Waals surface area contributed by atoms with E-state index in [9.17, 15) is 0 Å². The van der Waals surface area contributed by atoms with E-state index < -0.39 is 0 Å². The molecule has 1 aromatic carbocycles. The molecule has 3 heteroatoms. The van der Waals surface area contributed by atoms with Crippen LogP contribution in [-0.4, -0.2) is 30.5 Å². The molecular formula is C12H15N3. The Kier molecular flexibility index (Phi) is 1.91. The van der Waals surface area contributed by atoms with Gasteiger partial charge in [0, 0.05) is 13.1 Å². The van der Waals surface area contributed by atoms with Crippen LogP contribution in [-0.2, 0) is 0 Å². The summed E-state index contributed by atoms with van der Waals surface area (Å²) < 4.78 is 0. The van der Waals surface area contributed by atoms with Crippen LogP contribution in [0.5, 0.6) is 0 Å². The van der Waals surface area contributed by atoms with Gasteiger partial charge in [-0.2, -0.15) is 0 Å². The van der Waals surface area contributed by atoms with Crippen molar-refractivity contribution < 1.29 is 0 Å². The molecule has 0 amide bonds. The molecule has 3 rings (SSSR count). The molecule has 0 aliphatic carbocycles. The zero-order valence-electron chi connectivity index (χ0n) is 8.90. The van der Waals surface area contributed by atoms with Gasteiger partial charge < -0.3 is 10.2 Å². The molecule has 0 spiro atoms. The first-order valence-electron chi connectivity index (χ1n) is 5.46. The second-order valence-electron chi connectivity index (χ2n) is 4.21. The lowest BCUT2D eigenvalue weighted by Gasteiger charge is -2.22. The molecule has 0 radical (unpaired) electrons. The SMILES string of the molecule is Cc1cccc(C2CN=C3NCCN32)c1. The fourth-order valence-electron chi connectivity index (χ4n) is 2.38. The molecule has 1 fully saturated rings. The summed E-state index contributed by atoms with van der Waals surface area (Å²) in [5, 5.41) is 3.31. The fraction of sp³-hybridized carbons (Fsp3) is 0.417. The highest BCUT2D eigenvalue weighted by Crippen LogP contribution is 2.27. The molecule has 1 aromatic rings. The molecule has 0 aromatic heterocycles. The van der Waals surface area contributed by atoms with Gasteiger partial charge in [-0.15, -0.1) is 0 Å². The molecule has 1 unspecified atom stereocenters. The molecule has 1 saturated heterocycles. The van der Waals surface area contributed by atoms with Crippen LogP contribution < -0.4 is 5.32 Å². The van der Waals surface area contributed by atoms with Crippen LogP contribution in [0.4, 0.5) is 0 Å². The van der Waals surface area contributed by atoms with Crippen LogP contribution in [0.1, 0.15) is 17.2 Å². The molecule has 78 valence electrons. The third-order valence-corrected chi connectivity index (χ3v) is 3.12. The Morgan fingerprint density at radius 2 is 2.40 bits per heavy atom. The van der Waals surface area contributed by atoms with Crippen molar-refractivity contribution in [3.05, 3.63) is 35.4 Å². The Labute approximate surface area is 89.8 Å². The van der Waals surface area contributed by atoms with Crippen molar-refractivity contribution in [2.24, 2.45) is 4.99 Å². The van der Waals surface area contributed by atoms with Gasteiger partial charge in [0.05, 0.1) is 12.6 Å². The highest BCUT2D eigenvalue weighted by molar-refractivity contribution is 5.84. The zero-order chi connectivity index (χ0) is 10.3. The van der Waals surface area contributed by atoms with E-state index in [-0.39, 0.29) is 0 Å². The Morgan fingerprint density at radius 3 is 3.27 bits per heavy atom. The maximum Gasteiger partial charge on any atom is 0.194 e. The highest BCUT2D eigenvalue weighted by atomic mass is 15.4. The van der Waals surface area contributed by atoms with Crippen LogP contribution >= 0.6 is 0 Å². The highest BCUT2D eigenvalue weighted by Gasteiger charge is 2.31. The van der Waals surface area contributed by atoms with Gasteiger partial charge in [0.15, 0.2) is 5.96 Å². The maximum absolute atomic E-state index is 4.52. The summed E-state index contributed by atoms with van der Waals surface area (Å²) in [7, 11) is 0. The summed E-state index contributed by atoms with van der Waals surface area (Å²) in [5.41, 5.74) is 2.71. The minimum absolute atomic E-state index is 0.454. The Hall–Kier alpha value is -1.51. The Bertz CT molecular complexity index is 411. The topological polar surface area (TPSA) is 27.6 Å².